The molecule has 146 heavy (non-hydrogen) atoms. The lowest BCUT2D eigenvalue weighted by molar-refractivity contribution is 0.669. The minimum Gasteiger partial charge on any atom is -0.456 e. The van der Waals surface area contributed by atoms with Crippen LogP contribution >= 0.6 is 0 Å². The lowest BCUT2D eigenvalue weighted by Crippen LogP contribution is -2.01. The molecule has 30 aromatic rings. The summed E-state index contributed by atoms with van der Waals surface area (Å²) in [5.41, 5.74) is 23.2. The number of furan rings is 2. The van der Waals surface area contributed by atoms with Gasteiger partial charge in [0.15, 0.2) is 34.9 Å². The van der Waals surface area contributed by atoms with Crippen LogP contribution in [0.3, 0.4) is 0 Å². The Hall–Kier alpha value is -19.7. The zero-order valence-electron chi connectivity index (χ0n) is 78.6. The second-order valence-electron chi connectivity index (χ2n) is 37.7. The maximum Gasteiger partial charge on any atom is 0.164 e. The molecular formula is C136H80N8O2. The normalized spacial score (nSPS) is 11.8. The van der Waals surface area contributed by atoms with Gasteiger partial charge in [-0.1, -0.05) is 419 Å². The monoisotopic (exact) mass is 1860 g/mol. The molecule has 10 heteroatoms. The number of pyridine rings is 2. The Balaban J connectivity index is 0.000000138. The first-order valence-electron chi connectivity index (χ1n) is 49.4. The van der Waals surface area contributed by atoms with Crippen molar-refractivity contribution in [3.05, 3.63) is 485 Å². The third-order valence-corrected chi connectivity index (χ3v) is 29.3. The van der Waals surface area contributed by atoms with Crippen LogP contribution in [0.2, 0.25) is 0 Å². The predicted molar refractivity (Wildman–Crippen MR) is 605 cm³/mol. The van der Waals surface area contributed by atoms with Crippen LogP contribution in [0.25, 0.3) is 309 Å². The van der Waals surface area contributed by atoms with Crippen molar-refractivity contribution >= 4 is 173 Å². The fourth-order valence-electron chi connectivity index (χ4n) is 22.6. The number of hydrogen-bond acceptors (Lipinski definition) is 10. The first kappa shape index (κ1) is 83.3. The summed E-state index contributed by atoms with van der Waals surface area (Å²) in [6.07, 6.45) is 0. The molecule has 6 aromatic heterocycles. The molecule has 0 saturated heterocycles. The molecular weight excluding hydrogens is 1780 g/mol. The smallest absolute Gasteiger partial charge is 0.164 e. The molecule has 30 rings (SSSR count). The van der Waals surface area contributed by atoms with Crippen molar-refractivity contribution < 1.29 is 8.83 Å². The van der Waals surface area contributed by atoms with Crippen LogP contribution < -0.4 is 0 Å². The standard InChI is InChI=1S/C70H42N4O.C66H38N4O/c1-4-18-43(19-5-1)49-38-50(44-20-6-2-7-21-44)40-51(39-49)70-73-68(46-22-8-3-9-23-46)72-69(74-70)47-34-32-45(33-35-47)67-60-42-63-66(58-29-15-17-31-62(58)75-63)64(65(60)57-28-14-16-30-61(57)71-67)48-36-37-56-54-26-11-10-24-52(54)53-25-12-13-27-55(53)59(56)41-48;1-3-19-44-39(15-1)17-13-27-51(44)65-68-64(69-66(70-65)52-28-14-18-40-16-2-4-20-45(40)52)42-33-31-41(32-34-42)63-56-38-59-62(54-26-10-12-30-58(54)71-59)60(61(56)53-25-9-11-29-57(53)67-63)43-35-36-50-48-23-6-5-21-46(48)47-22-7-8-24-49(47)55(50)37-43/h1-42H;1-38H. The molecule has 0 N–H and O–H groups in total. The van der Waals surface area contributed by atoms with Crippen molar-refractivity contribution in [1.82, 2.24) is 39.9 Å². The summed E-state index contributed by atoms with van der Waals surface area (Å²) in [6, 6.07) is 172. The first-order chi connectivity index (χ1) is 72.4. The van der Waals surface area contributed by atoms with Crippen molar-refractivity contribution in [3.63, 3.8) is 0 Å². The Bertz CT molecular complexity index is 10400. The Labute approximate surface area is 836 Å². The molecule has 6 heterocycles. The van der Waals surface area contributed by atoms with E-state index in [0.717, 1.165) is 209 Å². The third kappa shape index (κ3) is 13.9. The summed E-state index contributed by atoms with van der Waals surface area (Å²) < 4.78 is 13.6. The molecule has 0 amide bonds. The summed E-state index contributed by atoms with van der Waals surface area (Å²) in [5, 5.41) is 30.1. The maximum atomic E-state index is 6.83. The number of fused-ring (bicyclic) bond motifs is 26. The fraction of sp³-hybridized carbons (Fsp3) is 0. The fourth-order valence-corrected chi connectivity index (χ4v) is 22.6. The molecule has 10 nitrogen and oxygen atoms in total. The first-order valence-corrected chi connectivity index (χ1v) is 49.4. The lowest BCUT2D eigenvalue weighted by Gasteiger charge is -2.17. The summed E-state index contributed by atoms with van der Waals surface area (Å²) in [4.78, 5) is 42.2. The highest BCUT2D eigenvalue weighted by molar-refractivity contribution is 6.33. The quantitative estimate of drug-likeness (QED) is 0.109. The zero-order chi connectivity index (χ0) is 96.0. The summed E-state index contributed by atoms with van der Waals surface area (Å²) >= 11 is 0. The molecule has 0 aliphatic heterocycles. The van der Waals surface area contributed by atoms with Gasteiger partial charge in [0.2, 0.25) is 0 Å². The Kier molecular flexibility index (Phi) is 19.5. The number of rotatable bonds is 12. The van der Waals surface area contributed by atoms with Crippen molar-refractivity contribution in [1.29, 1.82) is 0 Å². The van der Waals surface area contributed by atoms with Gasteiger partial charge in [0, 0.05) is 109 Å². The van der Waals surface area contributed by atoms with E-state index >= 15 is 0 Å². The maximum absolute atomic E-state index is 6.83. The van der Waals surface area contributed by atoms with Crippen LogP contribution in [0.1, 0.15) is 0 Å². The zero-order valence-corrected chi connectivity index (χ0v) is 78.6. The Morgan fingerprint density at radius 2 is 0.404 bits per heavy atom. The van der Waals surface area contributed by atoms with Crippen LogP contribution in [0.4, 0.5) is 0 Å². The molecule has 0 saturated carbocycles. The van der Waals surface area contributed by atoms with Crippen molar-refractivity contribution in [2.75, 3.05) is 0 Å². The molecule has 0 radical (unpaired) electrons. The van der Waals surface area contributed by atoms with E-state index in [9.17, 15) is 0 Å². The minimum absolute atomic E-state index is 0.580. The molecule has 676 valence electrons. The van der Waals surface area contributed by atoms with Crippen molar-refractivity contribution in [2.45, 2.75) is 0 Å². The molecule has 0 bridgehead atoms. The summed E-state index contributed by atoms with van der Waals surface area (Å²) in [5.74, 6) is 3.62. The third-order valence-electron chi connectivity index (χ3n) is 29.3. The highest BCUT2D eigenvalue weighted by atomic mass is 16.3. The molecule has 0 aliphatic carbocycles. The minimum atomic E-state index is 0.580. The van der Waals surface area contributed by atoms with Crippen molar-refractivity contribution in [2.24, 2.45) is 0 Å². The topological polar surface area (TPSA) is 129 Å². The van der Waals surface area contributed by atoms with Gasteiger partial charge < -0.3 is 8.83 Å². The Morgan fingerprint density at radius 3 is 0.801 bits per heavy atom. The van der Waals surface area contributed by atoms with Gasteiger partial charge >= 0.3 is 0 Å². The van der Waals surface area contributed by atoms with E-state index in [0.29, 0.717) is 34.9 Å². The molecule has 0 atom stereocenters. The van der Waals surface area contributed by atoms with Gasteiger partial charge in [0.1, 0.15) is 22.3 Å². The van der Waals surface area contributed by atoms with E-state index in [2.05, 4.69) is 431 Å². The second kappa shape index (κ2) is 34.1. The SMILES string of the molecule is c1ccc(-c2cc(-c3ccccc3)cc(-c3nc(-c4ccccc4)nc(-c4ccc(-c5nc6ccccc6c6c(-c7ccc8c9ccccc9c9ccccc9c8c7)c7c(cc56)oc5ccccc57)cc4)n3)c2)cc1.c1ccc2c(-c3nc(-c4ccc(-c5nc6ccccc6c6c(-c7ccc8c9ccccc9c9ccccc9c8c7)c7c(cc56)oc5ccccc57)cc4)nc(-c4cccc5ccccc45)n3)cccc2c1. The highest BCUT2D eigenvalue weighted by Crippen LogP contribution is 2.52. The van der Waals surface area contributed by atoms with E-state index in [1.165, 1.54) is 64.6 Å². The molecule has 24 aromatic carbocycles. The van der Waals surface area contributed by atoms with Crippen LogP contribution in [-0.4, -0.2) is 39.9 Å². The van der Waals surface area contributed by atoms with E-state index in [4.69, 9.17) is 48.7 Å². The van der Waals surface area contributed by atoms with E-state index in [-0.39, 0.29) is 0 Å². The lowest BCUT2D eigenvalue weighted by atomic mass is 9.87. The molecule has 0 aliphatic rings. The largest absolute Gasteiger partial charge is 0.456 e. The van der Waals surface area contributed by atoms with Crippen LogP contribution in [0.5, 0.6) is 0 Å². The van der Waals surface area contributed by atoms with Gasteiger partial charge in [-0.3, -0.25) is 0 Å². The van der Waals surface area contributed by atoms with Crippen LogP contribution in [0, 0.1) is 0 Å². The average molecular weight is 1860 g/mol. The van der Waals surface area contributed by atoms with Gasteiger partial charge in [-0.15, -0.1) is 0 Å². The number of hydrogen-bond donors (Lipinski definition) is 0. The number of aromatic nitrogens is 8. The Morgan fingerprint density at radius 1 is 0.130 bits per heavy atom. The van der Waals surface area contributed by atoms with E-state index < -0.39 is 0 Å². The predicted octanol–water partition coefficient (Wildman–Crippen LogP) is 36.2. The van der Waals surface area contributed by atoms with E-state index in [1.807, 2.05) is 54.6 Å². The molecule has 0 spiro atoms. The van der Waals surface area contributed by atoms with Gasteiger partial charge in [-0.25, -0.2) is 39.9 Å². The van der Waals surface area contributed by atoms with Crippen LogP contribution in [-0.2, 0) is 0 Å². The number of nitrogens with zero attached hydrogens (tertiary/aromatic N) is 8. The van der Waals surface area contributed by atoms with E-state index in [1.54, 1.807) is 0 Å². The van der Waals surface area contributed by atoms with Crippen molar-refractivity contribution in [3.8, 4) is 135 Å². The second-order valence-corrected chi connectivity index (χ2v) is 37.7. The number of para-hydroxylation sites is 4. The molecule has 0 unspecified atom stereocenters. The van der Waals surface area contributed by atoms with Crippen LogP contribution in [0.15, 0.2) is 494 Å². The molecule has 0 fully saturated rings. The summed E-state index contributed by atoms with van der Waals surface area (Å²) in [6.45, 7) is 0. The highest BCUT2D eigenvalue weighted by Gasteiger charge is 2.28. The van der Waals surface area contributed by atoms with Gasteiger partial charge in [0.05, 0.1) is 22.4 Å². The average Bonchev–Trinajstić information content (AvgIpc) is 1.43. The van der Waals surface area contributed by atoms with Gasteiger partial charge in [0.25, 0.3) is 0 Å². The number of benzene rings is 24. The van der Waals surface area contributed by atoms with Gasteiger partial charge in [-0.2, -0.15) is 0 Å². The summed E-state index contributed by atoms with van der Waals surface area (Å²) in [7, 11) is 0. The van der Waals surface area contributed by atoms with Gasteiger partial charge in [-0.05, 0) is 186 Å².